The molecule has 4 rings (SSSR count). The van der Waals surface area contributed by atoms with Crippen molar-refractivity contribution in [3.05, 3.63) is 65.2 Å². The van der Waals surface area contributed by atoms with Gasteiger partial charge in [0.2, 0.25) is 0 Å². The van der Waals surface area contributed by atoms with Gasteiger partial charge in [0, 0.05) is 36.2 Å². The van der Waals surface area contributed by atoms with Gasteiger partial charge in [-0.1, -0.05) is 32.0 Å². The maximum atomic E-state index is 13.0. The summed E-state index contributed by atoms with van der Waals surface area (Å²) in [6.45, 7) is 6.34. The lowest BCUT2D eigenvalue weighted by Gasteiger charge is -2.32. The SMILES string of the molecule is CC(C)c1ccc(C(=O)N2CCC[C@H](COc3cccc(C(=O)NC4CC4)c3)C2)cc1. The Balaban J connectivity index is 1.31. The first-order chi connectivity index (χ1) is 15.0. The Kier molecular flexibility index (Phi) is 6.59. The summed E-state index contributed by atoms with van der Waals surface area (Å²) in [5, 5.41) is 3.01. The van der Waals surface area contributed by atoms with Crippen LogP contribution in [0, 0.1) is 5.92 Å². The van der Waals surface area contributed by atoms with E-state index in [1.165, 1.54) is 5.56 Å². The Morgan fingerprint density at radius 2 is 1.84 bits per heavy atom. The molecule has 2 aromatic rings. The van der Waals surface area contributed by atoms with Gasteiger partial charge in [-0.15, -0.1) is 0 Å². The number of hydrogen-bond acceptors (Lipinski definition) is 3. The molecule has 1 aliphatic carbocycles. The minimum atomic E-state index is -0.0362. The summed E-state index contributed by atoms with van der Waals surface area (Å²) in [6.07, 6.45) is 4.16. The second-order valence-corrected chi connectivity index (χ2v) is 9.12. The zero-order chi connectivity index (χ0) is 21.8. The molecule has 5 nitrogen and oxygen atoms in total. The first-order valence-corrected chi connectivity index (χ1v) is 11.4. The van der Waals surface area contributed by atoms with Gasteiger partial charge in [-0.3, -0.25) is 9.59 Å². The van der Waals surface area contributed by atoms with E-state index in [1.54, 1.807) is 6.07 Å². The molecule has 1 atom stereocenters. The lowest BCUT2D eigenvalue weighted by atomic mass is 9.97. The smallest absolute Gasteiger partial charge is 0.253 e. The fourth-order valence-electron chi connectivity index (χ4n) is 4.02. The molecule has 2 fully saturated rings. The second-order valence-electron chi connectivity index (χ2n) is 9.12. The number of rotatable bonds is 7. The van der Waals surface area contributed by atoms with Crippen LogP contribution < -0.4 is 10.1 Å². The molecule has 0 aromatic heterocycles. The van der Waals surface area contributed by atoms with Crippen LogP contribution in [0.2, 0.25) is 0 Å². The molecule has 1 N–H and O–H groups in total. The number of likely N-dealkylation sites (tertiary alicyclic amines) is 1. The Morgan fingerprint density at radius 3 is 2.55 bits per heavy atom. The van der Waals surface area contributed by atoms with Crippen molar-refractivity contribution in [1.29, 1.82) is 0 Å². The molecule has 1 saturated heterocycles. The van der Waals surface area contributed by atoms with Crippen LogP contribution in [0.1, 0.15) is 71.7 Å². The third kappa shape index (κ3) is 5.66. The van der Waals surface area contributed by atoms with Crippen molar-refractivity contribution in [3.8, 4) is 5.75 Å². The summed E-state index contributed by atoms with van der Waals surface area (Å²) in [7, 11) is 0. The third-order valence-corrected chi connectivity index (χ3v) is 6.12. The standard InChI is InChI=1S/C26H32N2O3/c1-18(2)20-8-10-21(11-9-20)26(30)28-14-4-5-19(16-28)17-31-24-7-3-6-22(15-24)25(29)27-23-12-13-23/h3,6-11,15,18-19,23H,4-5,12-14,16-17H2,1-2H3,(H,27,29)/t19-/m0/s1. The molecule has 0 bridgehead atoms. The van der Waals surface area contributed by atoms with Crippen molar-refractivity contribution in [2.45, 2.75) is 51.5 Å². The molecule has 2 aliphatic rings. The monoisotopic (exact) mass is 420 g/mol. The van der Waals surface area contributed by atoms with Crippen LogP contribution >= 0.6 is 0 Å². The Hall–Kier alpha value is -2.82. The van der Waals surface area contributed by atoms with E-state index in [1.807, 2.05) is 35.2 Å². The van der Waals surface area contributed by atoms with Crippen LogP contribution in [-0.4, -0.2) is 42.5 Å². The minimum Gasteiger partial charge on any atom is -0.493 e. The Morgan fingerprint density at radius 1 is 1.06 bits per heavy atom. The van der Waals surface area contributed by atoms with E-state index in [9.17, 15) is 9.59 Å². The fraction of sp³-hybridized carbons (Fsp3) is 0.462. The fourth-order valence-corrected chi connectivity index (χ4v) is 4.02. The number of piperidine rings is 1. The largest absolute Gasteiger partial charge is 0.493 e. The molecule has 1 aliphatic heterocycles. The highest BCUT2D eigenvalue weighted by atomic mass is 16.5. The molecule has 2 amide bonds. The van der Waals surface area contributed by atoms with Gasteiger partial charge in [0.25, 0.3) is 11.8 Å². The summed E-state index contributed by atoms with van der Waals surface area (Å²) in [4.78, 5) is 27.2. The van der Waals surface area contributed by atoms with E-state index in [0.717, 1.165) is 37.8 Å². The summed E-state index contributed by atoms with van der Waals surface area (Å²) in [5.74, 6) is 1.51. The second kappa shape index (κ2) is 9.54. The van der Waals surface area contributed by atoms with Crippen molar-refractivity contribution in [3.63, 3.8) is 0 Å². The van der Waals surface area contributed by atoms with Crippen LogP contribution in [-0.2, 0) is 0 Å². The molecule has 0 spiro atoms. The molecule has 0 radical (unpaired) electrons. The van der Waals surface area contributed by atoms with Gasteiger partial charge < -0.3 is 15.0 Å². The van der Waals surface area contributed by atoms with E-state index >= 15 is 0 Å². The van der Waals surface area contributed by atoms with Gasteiger partial charge in [0.05, 0.1) is 6.61 Å². The maximum absolute atomic E-state index is 13.0. The van der Waals surface area contributed by atoms with E-state index in [-0.39, 0.29) is 17.7 Å². The van der Waals surface area contributed by atoms with Crippen molar-refractivity contribution in [2.24, 2.45) is 5.92 Å². The van der Waals surface area contributed by atoms with Crippen LogP contribution in [0.3, 0.4) is 0 Å². The predicted octanol–water partition coefficient (Wildman–Crippen LogP) is 4.63. The van der Waals surface area contributed by atoms with E-state index in [2.05, 4.69) is 31.3 Å². The molecule has 164 valence electrons. The van der Waals surface area contributed by atoms with Crippen LogP contribution in [0.5, 0.6) is 5.75 Å². The van der Waals surface area contributed by atoms with Crippen LogP contribution in [0.4, 0.5) is 0 Å². The van der Waals surface area contributed by atoms with E-state index in [0.29, 0.717) is 36.4 Å². The molecular formula is C26H32N2O3. The van der Waals surface area contributed by atoms with E-state index in [4.69, 9.17) is 4.74 Å². The Bertz CT molecular complexity index is 919. The first-order valence-electron chi connectivity index (χ1n) is 11.4. The number of ether oxygens (including phenoxy) is 1. The summed E-state index contributed by atoms with van der Waals surface area (Å²) >= 11 is 0. The maximum Gasteiger partial charge on any atom is 0.253 e. The third-order valence-electron chi connectivity index (χ3n) is 6.12. The predicted molar refractivity (Wildman–Crippen MR) is 122 cm³/mol. The molecule has 5 heteroatoms. The van der Waals surface area contributed by atoms with Crippen molar-refractivity contribution >= 4 is 11.8 Å². The summed E-state index contributed by atoms with van der Waals surface area (Å²) in [5.41, 5.74) is 2.63. The number of amides is 2. The molecular weight excluding hydrogens is 388 g/mol. The summed E-state index contributed by atoms with van der Waals surface area (Å²) in [6, 6.07) is 15.7. The van der Waals surface area contributed by atoms with Crippen LogP contribution in [0.15, 0.2) is 48.5 Å². The Labute approximate surface area is 184 Å². The number of nitrogens with zero attached hydrogens (tertiary/aromatic N) is 1. The molecule has 31 heavy (non-hydrogen) atoms. The van der Waals surface area contributed by atoms with Gasteiger partial charge in [0.15, 0.2) is 0 Å². The van der Waals surface area contributed by atoms with Crippen molar-refractivity contribution in [2.75, 3.05) is 19.7 Å². The molecule has 0 unspecified atom stereocenters. The van der Waals surface area contributed by atoms with Gasteiger partial charge >= 0.3 is 0 Å². The number of nitrogens with one attached hydrogen (secondary N) is 1. The number of carbonyl (C=O) groups is 2. The topological polar surface area (TPSA) is 58.6 Å². The average Bonchev–Trinajstić information content (AvgIpc) is 3.61. The number of hydrogen-bond donors (Lipinski definition) is 1. The van der Waals surface area contributed by atoms with Gasteiger partial charge in [0.1, 0.15) is 5.75 Å². The molecule has 1 saturated carbocycles. The lowest BCUT2D eigenvalue weighted by Crippen LogP contribution is -2.41. The highest BCUT2D eigenvalue weighted by Gasteiger charge is 2.26. The normalized spacial score (nSPS) is 18.7. The average molecular weight is 421 g/mol. The van der Waals surface area contributed by atoms with Gasteiger partial charge in [-0.2, -0.15) is 0 Å². The highest BCUT2D eigenvalue weighted by Crippen LogP contribution is 2.23. The molecule has 1 heterocycles. The quantitative estimate of drug-likeness (QED) is 0.710. The zero-order valence-corrected chi connectivity index (χ0v) is 18.5. The van der Waals surface area contributed by atoms with E-state index < -0.39 is 0 Å². The van der Waals surface area contributed by atoms with Crippen molar-refractivity contribution < 1.29 is 14.3 Å². The van der Waals surface area contributed by atoms with Crippen molar-refractivity contribution in [1.82, 2.24) is 10.2 Å². The zero-order valence-electron chi connectivity index (χ0n) is 18.5. The number of benzene rings is 2. The minimum absolute atomic E-state index is 0.0362. The lowest BCUT2D eigenvalue weighted by molar-refractivity contribution is 0.0633. The number of carbonyl (C=O) groups excluding carboxylic acids is 2. The van der Waals surface area contributed by atoms with Gasteiger partial charge in [-0.05, 0) is 67.5 Å². The summed E-state index contributed by atoms with van der Waals surface area (Å²) < 4.78 is 6.01. The highest BCUT2D eigenvalue weighted by molar-refractivity contribution is 5.95. The van der Waals surface area contributed by atoms with Gasteiger partial charge in [-0.25, -0.2) is 0 Å². The van der Waals surface area contributed by atoms with Crippen LogP contribution in [0.25, 0.3) is 0 Å². The molecule has 2 aromatic carbocycles. The first kappa shape index (κ1) is 21.4.